The molecule has 0 bridgehead atoms. The summed E-state index contributed by atoms with van der Waals surface area (Å²) in [5.74, 6) is -4.55. The highest BCUT2D eigenvalue weighted by molar-refractivity contribution is 5.98. The predicted octanol–water partition coefficient (Wildman–Crippen LogP) is 2.38. The highest BCUT2D eigenvalue weighted by Gasteiger charge is 2.60. The Morgan fingerprint density at radius 2 is 1.76 bits per heavy atom. The maximum absolute atomic E-state index is 13.9. The van der Waals surface area contributed by atoms with Crippen LogP contribution in [0, 0.1) is 11.8 Å². The quantitative estimate of drug-likeness (QED) is 0.0511. The molecule has 1 saturated heterocycles. The summed E-state index contributed by atoms with van der Waals surface area (Å²) in [6.07, 6.45) is -9.32. The topological polar surface area (TPSA) is 294 Å². The summed E-state index contributed by atoms with van der Waals surface area (Å²) < 4.78 is 35.3. The number of carbonyl (C=O) groups is 2. The van der Waals surface area contributed by atoms with Crippen LogP contribution in [0.5, 0.6) is 34.5 Å². The van der Waals surface area contributed by atoms with Gasteiger partial charge in [0.25, 0.3) is 0 Å². The number of nitrogens with zero attached hydrogens (tertiary/aromatic N) is 1. The minimum absolute atomic E-state index is 0.0114. The maximum Gasteiger partial charge on any atom is 0.344 e. The number of aliphatic hydroxyl groups excluding tert-OH is 4. The zero-order valence-corrected chi connectivity index (χ0v) is 35.2. The number of carboxylic acid groups (broad SMARTS) is 1. The van der Waals surface area contributed by atoms with E-state index in [9.17, 15) is 45.3 Å². The van der Waals surface area contributed by atoms with Crippen molar-refractivity contribution in [2.75, 3.05) is 32.8 Å². The van der Waals surface area contributed by atoms with Crippen LogP contribution in [0.3, 0.4) is 0 Å². The molecule has 0 saturated carbocycles. The van der Waals surface area contributed by atoms with E-state index in [-0.39, 0.29) is 78.2 Å². The fourth-order valence-corrected chi connectivity index (χ4v) is 8.40. The van der Waals surface area contributed by atoms with Gasteiger partial charge >= 0.3 is 11.9 Å². The van der Waals surface area contributed by atoms with E-state index in [0.717, 1.165) is 12.0 Å². The molecule has 0 radical (unpaired) electrons. The molecule has 6 rings (SSSR count). The molecule has 11 N–H and O–H groups in total. The first kappa shape index (κ1) is 45.8. The van der Waals surface area contributed by atoms with E-state index in [1.165, 1.54) is 20.2 Å². The first-order chi connectivity index (χ1) is 29.5. The number of benzene rings is 3. The number of carboxylic acids is 1. The van der Waals surface area contributed by atoms with E-state index < -0.39 is 77.7 Å². The fourth-order valence-electron chi connectivity index (χ4n) is 8.40. The van der Waals surface area contributed by atoms with Crippen molar-refractivity contribution in [3.8, 4) is 34.5 Å². The fraction of sp³-hybridized carbons (Fsp3) is 0.512. The number of guanidine groups is 1. The Labute approximate surface area is 358 Å². The van der Waals surface area contributed by atoms with Gasteiger partial charge < -0.3 is 80.5 Å². The van der Waals surface area contributed by atoms with E-state index in [1.54, 1.807) is 0 Å². The third kappa shape index (κ3) is 9.07. The SMILES string of the molecule is CN=C(N)NCOc1cc(C(=O)O)c2c(c1OC1OC3(CCc4c(OC)c(O)c(OCCc5ccccc5)c(O)c4C(=O)OC3O)C(O)C(O)C1O)CCC(CC(C)C)C(C)N2. The Bertz CT molecular complexity index is 2140. The standard InChI is InChI=1S/C43H56N4O15/c1-20(2)17-23-11-12-25-29(47-21(23)3)26(38(53)54)18-27(59-19-46-42(44)45-4)34(25)60-40-32(50)31(49)37(52)43(62-40)15-13-24-28(39(55)61-41(43)56)30(48)36(33(51)35(24)57-5)58-16-14-22-9-7-6-8-10-22/h6-10,18,20-21,23,31-32,37,40-41,47-52,56H,11-17,19H2,1-5H3,(H,53,54)(H3,44,45,46). The minimum atomic E-state index is -2.43. The zero-order chi connectivity index (χ0) is 45.0. The van der Waals surface area contributed by atoms with Crippen LogP contribution in [0.15, 0.2) is 41.4 Å². The lowest BCUT2D eigenvalue weighted by Crippen LogP contribution is -2.70. The lowest BCUT2D eigenvalue weighted by atomic mass is 9.80. The molecule has 338 valence electrons. The van der Waals surface area contributed by atoms with Gasteiger partial charge in [-0.25, -0.2) is 9.59 Å². The lowest BCUT2D eigenvalue weighted by Gasteiger charge is -2.50. The number of carbonyl (C=O) groups excluding carboxylic acids is 1. The van der Waals surface area contributed by atoms with E-state index in [0.29, 0.717) is 24.3 Å². The average molecular weight is 869 g/mol. The van der Waals surface area contributed by atoms with Crippen molar-refractivity contribution < 1.29 is 73.8 Å². The highest BCUT2D eigenvalue weighted by atomic mass is 16.7. The summed E-state index contributed by atoms with van der Waals surface area (Å²) in [6, 6.07) is 10.3. The highest BCUT2D eigenvalue weighted by Crippen LogP contribution is 2.52. The Morgan fingerprint density at radius 1 is 1.03 bits per heavy atom. The number of hydrogen-bond acceptors (Lipinski definition) is 16. The van der Waals surface area contributed by atoms with Crippen molar-refractivity contribution >= 4 is 23.6 Å². The van der Waals surface area contributed by atoms with Crippen molar-refractivity contribution in [3.63, 3.8) is 0 Å². The van der Waals surface area contributed by atoms with Gasteiger partial charge in [0.2, 0.25) is 24.1 Å². The molecule has 8 unspecified atom stereocenters. The summed E-state index contributed by atoms with van der Waals surface area (Å²) in [4.78, 5) is 30.5. The molecular formula is C43H56N4O15. The molecule has 1 spiro atoms. The van der Waals surface area contributed by atoms with Gasteiger partial charge in [0, 0.05) is 36.7 Å². The second-order valence-electron chi connectivity index (χ2n) is 16.1. The smallest absolute Gasteiger partial charge is 0.344 e. The number of hydrogen-bond donors (Lipinski definition) is 10. The molecule has 19 nitrogen and oxygen atoms in total. The van der Waals surface area contributed by atoms with Crippen LogP contribution in [0.2, 0.25) is 0 Å². The second kappa shape index (κ2) is 19.1. The Kier molecular flexibility index (Phi) is 14.1. The summed E-state index contributed by atoms with van der Waals surface area (Å²) in [5.41, 5.74) is 4.11. The molecule has 3 aliphatic rings. The molecule has 0 aliphatic carbocycles. The van der Waals surface area contributed by atoms with Gasteiger partial charge in [-0.1, -0.05) is 44.2 Å². The number of aliphatic hydroxyl groups is 4. The summed E-state index contributed by atoms with van der Waals surface area (Å²) in [5, 5.41) is 85.2. The van der Waals surface area contributed by atoms with Crippen LogP contribution in [-0.2, 0) is 28.7 Å². The first-order valence-corrected chi connectivity index (χ1v) is 20.4. The number of fused-ring (bicyclic) bond motifs is 2. The van der Waals surface area contributed by atoms with Crippen LogP contribution in [-0.4, -0.2) is 124 Å². The Hall–Kier alpha value is -5.73. The molecule has 3 aromatic carbocycles. The number of esters is 1. The predicted molar refractivity (Wildman–Crippen MR) is 222 cm³/mol. The van der Waals surface area contributed by atoms with Crippen LogP contribution in [0.25, 0.3) is 0 Å². The molecule has 0 amide bonds. The molecule has 1 fully saturated rings. The number of cyclic esters (lactones) is 1. The monoisotopic (exact) mass is 868 g/mol. The first-order valence-electron chi connectivity index (χ1n) is 20.4. The van der Waals surface area contributed by atoms with E-state index in [2.05, 4.69) is 29.5 Å². The third-order valence-electron chi connectivity index (χ3n) is 11.7. The molecule has 0 aromatic heterocycles. The number of anilines is 1. The van der Waals surface area contributed by atoms with Crippen LogP contribution in [0.4, 0.5) is 5.69 Å². The molecule has 62 heavy (non-hydrogen) atoms. The number of nitrogens with one attached hydrogen (secondary N) is 2. The number of methoxy groups -OCH3 is 1. The second-order valence-corrected chi connectivity index (χ2v) is 16.1. The average Bonchev–Trinajstić information content (AvgIpc) is 3.39. The summed E-state index contributed by atoms with van der Waals surface area (Å²) in [6.45, 7) is 5.80. The number of aliphatic imine (C=N–C) groups is 1. The van der Waals surface area contributed by atoms with Gasteiger partial charge in [-0.3, -0.25) is 4.99 Å². The van der Waals surface area contributed by atoms with Gasteiger partial charge in [-0.15, -0.1) is 0 Å². The number of rotatable bonds is 13. The zero-order valence-electron chi connectivity index (χ0n) is 35.2. The van der Waals surface area contributed by atoms with Gasteiger partial charge in [0.1, 0.15) is 23.9 Å². The van der Waals surface area contributed by atoms with Crippen molar-refractivity contribution in [3.05, 3.63) is 64.2 Å². The van der Waals surface area contributed by atoms with Crippen LogP contribution >= 0.6 is 0 Å². The largest absolute Gasteiger partial charge is 0.504 e. The van der Waals surface area contributed by atoms with Gasteiger partial charge in [-0.2, -0.15) is 0 Å². The van der Waals surface area contributed by atoms with E-state index >= 15 is 0 Å². The normalized spacial score (nSPS) is 26.2. The van der Waals surface area contributed by atoms with Crippen LogP contribution < -0.4 is 35.3 Å². The van der Waals surface area contributed by atoms with Gasteiger partial charge in [0.05, 0.1) is 25.0 Å². The number of ether oxygens (including phenoxy) is 6. The molecule has 3 aliphatic heterocycles. The number of aromatic hydroxyl groups is 2. The minimum Gasteiger partial charge on any atom is -0.504 e. The van der Waals surface area contributed by atoms with Gasteiger partial charge in [-0.05, 0) is 56.4 Å². The Morgan fingerprint density at radius 3 is 2.42 bits per heavy atom. The van der Waals surface area contributed by atoms with Gasteiger partial charge in [0.15, 0.2) is 41.3 Å². The number of aromatic carboxylic acids is 1. The van der Waals surface area contributed by atoms with Crippen molar-refractivity contribution in [2.45, 2.75) is 102 Å². The van der Waals surface area contributed by atoms with E-state index in [1.807, 2.05) is 37.3 Å². The van der Waals surface area contributed by atoms with Crippen molar-refractivity contribution in [1.29, 1.82) is 0 Å². The summed E-state index contributed by atoms with van der Waals surface area (Å²) >= 11 is 0. The molecule has 19 heteroatoms. The van der Waals surface area contributed by atoms with E-state index in [4.69, 9.17) is 34.2 Å². The number of phenolic OH excluding ortho intramolecular Hbond substituents is 2. The third-order valence-corrected chi connectivity index (χ3v) is 11.7. The molecule has 3 aromatic rings. The lowest BCUT2D eigenvalue weighted by molar-refractivity contribution is -0.357. The number of phenols is 2. The van der Waals surface area contributed by atoms with Crippen molar-refractivity contribution in [1.82, 2.24) is 5.32 Å². The summed E-state index contributed by atoms with van der Waals surface area (Å²) in [7, 11) is 2.66. The molecule has 3 heterocycles. The maximum atomic E-state index is 13.9. The Balaban J connectivity index is 1.38. The molecule has 8 atom stereocenters. The molecular weight excluding hydrogens is 812 g/mol. The van der Waals surface area contributed by atoms with Crippen LogP contribution in [0.1, 0.15) is 77.4 Å². The van der Waals surface area contributed by atoms with Crippen molar-refractivity contribution in [2.24, 2.45) is 22.6 Å². The number of nitrogens with two attached hydrogens (primary N) is 1.